The van der Waals surface area contributed by atoms with Crippen LogP contribution in [0.2, 0.25) is 0 Å². The number of hydrogen-bond donors (Lipinski definition) is 2. The van der Waals surface area contributed by atoms with Gasteiger partial charge in [0.05, 0.1) is 4.90 Å². The number of carbonyl (C=O) groups excluding carboxylic acids is 1. The van der Waals surface area contributed by atoms with E-state index in [9.17, 15) is 13.2 Å². The number of carbonyl (C=O) groups is 1. The highest BCUT2D eigenvalue weighted by Gasteiger charge is 2.31. The second-order valence-electron chi connectivity index (χ2n) is 7.05. The van der Waals surface area contributed by atoms with Gasteiger partial charge in [0.15, 0.2) is 0 Å². The number of hydrogen-bond acceptors (Lipinski definition) is 5. The predicted octanol–water partition coefficient (Wildman–Crippen LogP) is 3.65. The van der Waals surface area contributed by atoms with Crippen molar-refractivity contribution in [3.63, 3.8) is 0 Å². The maximum Gasteiger partial charge on any atom is 0.263 e. The van der Waals surface area contributed by atoms with Gasteiger partial charge in [-0.1, -0.05) is 30.3 Å². The van der Waals surface area contributed by atoms with Crippen LogP contribution in [0.5, 0.6) is 0 Å². The maximum absolute atomic E-state index is 12.7. The normalized spacial score (nSPS) is 17.0. The highest BCUT2D eigenvalue weighted by Crippen LogP contribution is 2.30. The summed E-state index contributed by atoms with van der Waals surface area (Å²) in [5.41, 5.74) is 2.49. The molecule has 1 aliphatic heterocycles. The number of aliphatic imine (C=N–C) groups is 1. The summed E-state index contributed by atoms with van der Waals surface area (Å²) in [5, 5.41) is 4.79. The zero-order valence-electron chi connectivity index (χ0n) is 15.9. The molecule has 150 valence electrons. The van der Waals surface area contributed by atoms with Crippen LogP contribution in [0.1, 0.15) is 12.5 Å². The first-order valence-corrected chi connectivity index (χ1v) is 10.8. The quantitative estimate of drug-likeness (QED) is 0.529. The minimum atomic E-state index is -3.65. The van der Waals surface area contributed by atoms with E-state index in [0.29, 0.717) is 16.8 Å². The van der Waals surface area contributed by atoms with E-state index in [0.717, 1.165) is 16.4 Å². The molecular formula is C22H17N3O4S. The number of benzene rings is 3. The summed E-state index contributed by atoms with van der Waals surface area (Å²) in [6.45, 7) is 1.61. The van der Waals surface area contributed by atoms with E-state index in [-0.39, 0.29) is 16.6 Å². The molecule has 0 radical (unpaired) electrons. The van der Waals surface area contributed by atoms with Crippen LogP contribution in [0.25, 0.3) is 21.9 Å². The number of amides is 1. The minimum Gasteiger partial charge on any atom is -0.456 e. The van der Waals surface area contributed by atoms with Crippen LogP contribution in [0, 0.1) is 0 Å². The summed E-state index contributed by atoms with van der Waals surface area (Å²) in [6, 6.07) is 18.9. The van der Waals surface area contributed by atoms with Gasteiger partial charge in [0.25, 0.3) is 10.0 Å². The molecule has 5 rings (SSSR count). The summed E-state index contributed by atoms with van der Waals surface area (Å²) in [4.78, 5) is 17.1. The first kappa shape index (κ1) is 18.4. The van der Waals surface area contributed by atoms with Gasteiger partial charge in [-0.25, -0.2) is 8.42 Å². The smallest absolute Gasteiger partial charge is 0.263 e. The summed E-state index contributed by atoms with van der Waals surface area (Å²) in [6.07, 6.45) is 0. The van der Waals surface area contributed by atoms with E-state index < -0.39 is 16.1 Å². The van der Waals surface area contributed by atoms with Crippen LogP contribution < -0.4 is 10.0 Å². The molecule has 1 aromatic heterocycles. The van der Waals surface area contributed by atoms with Crippen molar-refractivity contribution in [2.75, 3.05) is 5.32 Å². The van der Waals surface area contributed by atoms with Crippen LogP contribution >= 0.6 is 0 Å². The van der Waals surface area contributed by atoms with Crippen molar-refractivity contribution >= 4 is 49.4 Å². The van der Waals surface area contributed by atoms with Gasteiger partial charge in [-0.05, 0) is 37.3 Å². The Morgan fingerprint density at radius 3 is 2.60 bits per heavy atom. The molecule has 2 heterocycles. The van der Waals surface area contributed by atoms with E-state index in [2.05, 4.69) is 15.0 Å². The second-order valence-corrected chi connectivity index (χ2v) is 8.70. The van der Waals surface area contributed by atoms with Crippen molar-refractivity contribution < 1.29 is 17.6 Å². The molecule has 0 fully saturated rings. The van der Waals surface area contributed by atoms with Gasteiger partial charge in [-0.2, -0.15) is 0 Å². The summed E-state index contributed by atoms with van der Waals surface area (Å²) >= 11 is 0. The van der Waals surface area contributed by atoms with E-state index >= 15 is 0 Å². The van der Waals surface area contributed by atoms with Gasteiger partial charge in [-0.3, -0.25) is 14.5 Å². The average Bonchev–Trinajstić information content (AvgIpc) is 3.22. The Morgan fingerprint density at radius 1 is 1.00 bits per heavy atom. The van der Waals surface area contributed by atoms with Crippen molar-refractivity contribution in [2.45, 2.75) is 17.9 Å². The summed E-state index contributed by atoms with van der Waals surface area (Å²) < 4.78 is 32.7. The molecule has 0 saturated carbocycles. The minimum absolute atomic E-state index is 0.159. The third-order valence-corrected chi connectivity index (χ3v) is 6.41. The number of fused-ring (bicyclic) bond motifs is 4. The fraction of sp³-hybridized carbons (Fsp3) is 0.0909. The number of furan rings is 1. The van der Waals surface area contributed by atoms with Crippen molar-refractivity contribution in [1.82, 2.24) is 4.72 Å². The number of para-hydroxylation sites is 1. The van der Waals surface area contributed by atoms with Gasteiger partial charge >= 0.3 is 0 Å². The molecule has 1 atom stereocenters. The standard InChI is InChI=1S/C22H17N3O4S/c1-13(23-21-17-7-3-5-9-20(17)30(27,28)25-21)22(26)24-14-10-11-16-15-6-2-4-8-18(15)29-19(16)12-14/h2-13H,1H3,(H,23,25)(H,24,26)/t13-/m0/s1. The Labute approximate surface area is 172 Å². The van der Waals surface area contributed by atoms with Crippen LogP contribution in [0.4, 0.5) is 5.69 Å². The first-order valence-electron chi connectivity index (χ1n) is 9.34. The molecule has 30 heavy (non-hydrogen) atoms. The third-order valence-electron chi connectivity index (χ3n) is 5.01. The van der Waals surface area contributed by atoms with Crippen molar-refractivity contribution in [3.8, 4) is 0 Å². The molecule has 4 aromatic rings. The second kappa shape index (κ2) is 6.70. The molecule has 1 aliphatic rings. The maximum atomic E-state index is 12.7. The van der Waals surface area contributed by atoms with Crippen molar-refractivity contribution in [3.05, 3.63) is 72.3 Å². The highest BCUT2D eigenvalue weighted by atomic mass is 32.2. The lowest BCUT2D eigenvalue weighted by atomic mass is 10.1. The fourth-order valence-corrected chi connectivity index (χ4v) is 4.77. The van der Waals surface area contributed by atoms with Gasteiger partial charge in [-0.15, -0.1) is 0 Å². The van der Waals surface area contributed by atoms with Crippen LogP contribution in [-0.4, -0.2) is 26.2 Å². The number of nitrogens with zero attached hydrogens (tertiary/aromatic N) is 1. The van der Waals surface area contributed by atoms with Gasteiger partial charge in [0.1, 0.15) is 23.0 Å². The SMILES string of the molecule is C[C@H](N=C1NS(=O)(=O)c2ccccc21)C(=O)Nc1ccc2c(c1)oc1ccccc12. The molecule has 0 spiro atoms. The van der Waals surface area contributed by atoms with Crippen molar-refractivity contribution in [2.24, 2.45) is 4.99 Å². The fourth-order valence-electron chi connectivity index (χ4n) is 3.53. The molecule has 8 heteroatoms. The topological polar surface area (TPSA) is 101 Å². The molecule has 0 aliphatic carbocycles. The molecule has 2 N–H and O–H groups in total. The third kappa shape index (κ3) is 3.02. The summed E-state index contributed by atoms with van der Waals surface area (Å²) in [5.74, 6) is -0.192. The Hall–Kier alpha value is -3.65. The number of anilines is 1. The number of rotatable bonds is 3. The van der Waals surface area contributed by atoms with Crippen LogP contribution in [0.15, 0.2) is 81.0 Å². The molecule has 0 unspecified atom stereocenters. The molecular weight excluding hydrogens is 402 g/mol. The lowest BCUT2D eigenvalue weighted by molar-refractivity contribution is -0.117. The number of sulfonamides is 1. The van der Waals surface area contributed by atoms with Crippen LogP contribution in [-0.2, 0) is 14.8 Å². The van der Waals surface area contributed by atoms with Crippen LogP contribution in [0.3, 0.4) is 0 Å². The zero-order valence-corrected chi connectivity index (χ0v) is 16.7. The van der Waals surface area contributed by atoms with Gasteiger partial charge < -0.3 is 9.73 Å². The monoisotopic (exact) mass is 419 g/mol. The number of nitrogens with one attached hydrogen (secondary N) is 2. The first-order chi connectivity index (χ1) is 14.4. The average molecular weight is 419 g/mol. The zero-order chi connectivity index (χ0) is 20.9. The van der Waals surface area contributed by atoms with E-state index in [1.807, 2.05) is 30.3 Å². The van der Waals surface area contributed by atoms with E-state index in [1.54, 1.807) is 37.3 Å². The Bertz CT molecular complexity index is 1450. The molecule has 7 nitrogen and oxygen atoms in total. The van der Waals surface area contributed by atoms with Gasteiger partial charge in [0.2, 0.25) is 5.91 Å². The van der Waals surface area contributed by atoms with E-state index in [4.69, 9.17) is 4.42 Å². The predicted molar refractivity (Wildman–Crippen MR) is 115 cm³/mol. The molecule has 0 saturated heterocycles. The lowest BCUT2D eigenvalue weighted by Gasteiger charge is -2.10. The Balaban J connectivity index is 1.40. The molecule has 0 bridgehead atoms. The highest BCUT2D eigenvalue weighted by molar-refractivity contribution is 7.90. The van der Waals surface area contributed by atoms with Crippen molar-refractivity contribution in [1.29, 1.82) is 0 Å². The lowest BCUT2D eigenvalue weighted by Crippen LogP contribution is -2.28. The Morgan fingerprint density at radius 2 is 1.73 bits per heavy atom. The summed E-state index contributed by atoms with van der Waals surface area (Å²) in [7, 11) is -3.65. The Kier molecular flexibility index (Phi) is 4.11. The number of amidine groups is 1. The molecule has 3 aromatic carbocycles. The largest absolute Gasteiger partial charge is 0.456 e. The van der Waals surface area contributed by atoms with Gasteiger partial charge in [0, 0.05) is 28.1 Å². The molecule has 1 amide bonds. The van der Waals surface area contributed by atoms with E-state index in [1.165, 1.54) is 6.07 Å².